The van der Waals surface area contributed by atoms with Crippen LogP contribution in [-0.4, -0.2) is 60.4 Å². The molecule has 6 aliphatic rings. The molecular weight excluding hydrogens is 418 g/mol. The topological polar surface area (TPSA) is 118 Å². The maximum Gasteiger partial charge on any atom is 0.242 e. The van der Waals surface area contributed by atoms with Crippen molar-refractivity contribution < 1.29 is 15.0 Å². The standard InChI is InChI=1S/C25H35N5O3/c31-18-2-1-17-4-21(30-20(17)5-18)22(33)28-13-24-6-15-3-16(7-24)9-25(8-15,12-24)14-29-23-26-10-19(32)11-27-23/h1-2,5,15-16,19,21,30-32H,3-4,6-14H2,(H,28,33)(H2,26,27,29)/t15?,16?,21-,24?,25?/m0/s1. The van der Waals surface area contributed by atoms with Crippen LogP contribution in [0.1, 0.15) is 44.1 Å². The minimum absolute atomic E-state index is 0.0629. The van der Waals surface area contributed by atoms with Gasteiger partial charge >= 0.3 is 0 Å². The summed E-state index contributed by atoms with van der Waals surface area (Å²) in [6.45, 7) is 2.69. The molecule has 4 saturated carbocycles. The number of β-amino-alcohol motifs (C(OH)–C–C–N with tert-alkyl or cyclic N) is 1. The van der Waals surface area contributed by atoms with E-state index in [1.54, 1.807) is 12.1 Å². The van der Waals surface area contributed by atoms with E-state index < -0.39 is 6.10 Å². The lowest BCUT2D eigenvalue weighted by Crippen LogP contribution is -2.59. The molecule has 0 saturated heterocycles. The number of carbonyl (C=O) groups excluding carboxylic acids is 1. The Morgan fingerprint density at radius 3 is 2.64 bits per heavy atom. The summed E-state index contributed by atoms with van der Waals surface area (Å²) in [5, 5.41) is 32.7. The van der Waals surface area contributed by atoms with Gasteiger partial charge in [0.2, 0.25) is 5.91 Å². The van der Waals surface area contributed by atoms with Crippen LogP contribution >= 0.6 is 0 Å². The van der Waals surface area contributed by atoms with Gasteiger partial charge in [-0.1, -0.05) is 6.07 Å². The first-order valence-electron chi connectivity index (χ1n) is 12.5. The fourth-order valence-corrected chi connectivity index (χ4v) is 7.88. The molecule has 2 heterocycles. The summed E-state index contributed by atoms with van der Waals surface area (Å²) >= 11 is 0. The zero-order valence-electron chi connectivity index (χ0n) is 19.1. The van der Waals surface area contributed by atoms with E-state index in [4.69, 9.17) is 0 Å². The molecule has 178 valence electrons. The molecule has 2 aliphatic heterocycles. The van der Waals surface area contributed by atoms with Crippen LogP contribution in [0.25, 0.3) is 0 Å². The highest BCUT2D eigenvalue weighted by atomic mass is 16.3. The number of phenols is 1. The molecule has 8 nitrogen and oxygen atoms in total. The Morgan fingerprint density at radius 1 is 1.15 bits per heavy atom. The number of rotatable bonds is 5. The first-order valence-corrected chi connectivity index (χ1v) is 12.5. The molecule has 6 N–H and O–H groups in total. The van der Waals surface area contributed by atoms with Gasteiger partial charge in [0.1, 0.15) is 11.8 Å². The quantitative estimate of drug-likeness (QED) is 0.401. The van der Waals surface area contributed by atoms with Crippen molar-refractivity contribution in [3.05, 3.63) is 23.8 Å². The molecular formula is C25H35N5O3. The van der Waals surface area contributed by atoms with Gasteiger partial charge < -0.3 is 31.5 Å². The van der Waals surface area contributed by atoms with Crippen LogP contribution in [0.3, 0.4) is 0 Å². The van der Waals surface area contributed by atoms with Crippen LogP contribution in [0.4, 0.5) is 5.69 Å². The molecule has 0 radical (unpaired) electrons. The Balaban J connectivity index is 1.09. The first kappa shape index (κ1) is 21.1. The van der Waals surface area contributed by atoms with Gasteiger partial charge in [0.05, 0.1) is 12.6 Å². The second kappa shape index (κ2) is 7.79. The zero-order valence-corrected chi connectivity index (χ0v) is 19.1. The second-order valence-electron chi connectivity index (χ2n) is 11.5. The fraction of sp³-hybridized carbons (Fsp3) is 0.680. The number of anilines is 1. The van der Waals surface area contributed by atoms with Crippen molar-refractivity contribution in [2.45, 2.75) is 57.1 Å². The van der Waals surface area contributed by atoms with E-state index >= 15 is 0 Å². The molecule has 8 heteroatoms. The maximum absolute atomic E-state index is 13.0. The van der Waals surface area contributed by atoms with E-state index in [2.05, 4.69) is 26.3 Å². The molecule has 7 rings (SSSR count). The summed E-state index contributed by atoms with van der Waals surface area (Å²) in [4.78, 5) is 17.5. The number of aliphatic imine (C=N–C) groups is 1. The molecule has 4 bridgehead atoms. The van der Waals surface area contributed by atoms with Gasteiger partial charge in [-0.05, 0) is 72.8 Å². The van der Waals surface area contributed by atoms with Gasteiger partial charge in [0.15, 0.2) is 5.96 Å². The number of aromatic hydroxyl groups is 1. The summed E-state index contributed by atoms with van der Waals surface area (Å²) in [6.07, 6.45) is 7.75. The molecule has 1 aromatic rings. The number of nitrogens with one attached hydrogen (secondary N) is 4. The van der Waals surface area contributed by atoms with Gasteiger partial charge in [0.25, 0.3) is 0 Å². The molecule has 1 aromatic carbocycles. The van der Waals surface area contributed by atoms with E-state index in [0.717, 1.165) is 48.6 Å². The third-order valence-electron chi connectivity index (χ3n) is 8.70. The highest BCUT2D eigenvalue weighted by Gasteiger charge is 2.57. The lowest BCUT2D eigenvalue weighted by molar-refractivity contribution is -0.127. The number of benzene rings is 1. The number of carbonyl (C=O) groups is 1. The van der Waals surface area contributed by atoms with Gasteiger partial charge in [-0.3, -0.25) is 9.79 Å². The van der Waals surface area contributed by atoms with E-state index in [9.17, 15) is 15.0 Å². The van der Waals surface area contributed by atoms with E-state index in [1.807, 2.05) is 6.07 Å². The number of aliphatic hydroxyl groups is 1. The van der Waals surface area contributed by atoms with Gasteiger partial charge in [-0.15, -0.1) is 0 Å². The molecule has 4 atom stereocenters. The van der Waals surface area contributed by atoms with E-state index in [-0.39, 0.29) is 28.5 Å². The lowest BCUT2D eigenvalue weighted by Gasteiger charge is -2.62. The fourth-order valence-electron chi connectivity index (χ4n) is 7.88. The Kier molecular flexibility index (Phi) is 4.98. The minimum atomic E-state index is -0.394. The number of nitrogens with zero attached hydrogens (tertiary/aromatic N) is 1. The van der Waals surface area contributed by atoms with Crippen LogP contribution in [0.15, 0.2) is 23.2 Å². The van der Waals surface area contributed by atoms with Crippen molar-refractivity contribution in [2.75, 3.05) is 31.5 Å². The maximum atomic E-state index is 13.0. The number of guanidine groups is 1. The predicted molar refractivity (Wildman–Crippen MR) is 126 cm³/mol. The van der Waals surface area contributed by atoms with Crippen molar-refractivity contribution in [2.24, 2.45) is 27.7 Å². The molecule has 1 amide bonds. The smallest absolute Gasteiger partial charge is 0.242 e. The molecule has 3 unspecified atom stereocenters. The van der Waals surface area contributed by atoms with Crippen LogP contribution in [-0.2, 0) is 11.2 Å². The summed E-state index contributed by atoms with van der Waals surface area (Å²) < 4.78 is 0. The van der Waals surface area contributed by atoms with Crippen LogP contribution in [0.5, 0.6) is 5.75 Å². The number of fused-ring (bicyclic) bond motifs is 1. The summed E-state index contributed by atoms with van der Waals surface area (Å²) in [5.74, 6) is 2.61. The normalized spacial score (nSPS) is 38.2. The Hall–Kier alpha value is -2.48. The van der Waals surface area contributed by atoms with Gasteiger partial charge in [0, 0.05) is 37.8 Å². The summed E-state index contributed by atoms with van der Waals surface area (Å²) in [6, 6.07) is 5.01. The number of aliphatic hydroxyl groups excluding tert-OH is 1. The van der Waals surface area contributed by atoms with Crippen molar-refractivity contribution in [1.82, 2.24) is 16.0 Å². The monoisotopic (exact) mass is 453 g/mol. The summed E-state index contributed by atoms with van der Waals surface area (Å²) in [7, 11) is 0. The number of amides is 1. The van der Waals surface area contributed by atoms with E-state index in [1.165, 1.54) is 32.1 Å². The predicted octanol–water partition coefficient (Wildman–Crippen LogP) is 1.34. The zero-order chi connectivity index (χ0) is 22.6. The van der Waals surface area contributed by atoms with Crippen molar-refractivity contribution >= 4 is 17.6 Å². The highest BCUT2D eigenvalue weighted by Crippen LogP contribution is 2.64. The number of hydrogen-bond acceptors (Lipinski definition) is 7. The lowest BCUT2D eigenvalue weighted by atomic mass is 9.44. The molecule has 0 spiro atoms. The second-order valence-corrected chi connectivity index (χ2v) is 11.5. The Labute approximate surface area is 194 Å². The molecule has 4 aliphatic carbocycles. The minimum Gasteiger partial charge on any atom is -0.508 e. The Bertz CT molecular complexity index is 965. The summed E-state index contributed by atoms with van der Waals surface area (Å²) in [5.41, 5.74) is 2.42. The van der Waals surface area contributed by atoms with Crippen molar-refractivity contribution in [1.29, 1.82) is 0 Å². The van der Waals surface area contributed by atoms with Crippen LogP contribution in [0, 0.1) is 22.7 Å². The molecule has 33 heavy (non-hydrogen) atoms. The van der Waals surface area contributed by atoms with Gasteiger partial charge in [-0.25, -0.2) is 0 Å². The van der Waals surface area contributed by atoms with Crippen molar-refractivity contribution in [3.8, 4) is 5.75 Å². The SMILES string of the molecule is O=C(NCC12CC3CC(C1)CC(CNC1=NCC(O)CN1)(C3)C2)[C@@H]1Cc2ccc(O)cc2N1. The van der Waals surface area contributed by atoms with Crippen molar-refractivity contribution in [3.63, 3.8) is 0 Å². The third kappa shape index (κ3) is 4.03. The average molecular weight is 454 g/mol. The Morgan fingerprint density at radius 2 is 1.91 bits per heavy atom. The number of hydrogen-bond donors (Lipinski definition) is 6. The molecule has 4 fully saturated rings. The van der Waals surface area contributed by atoms with Crippen LogP contribution in [0.2, 0.25) is 0 Å². The first-order chi connectivity index (χ1) is 15.9. The third-order valence-corrected chi connectivity index (χ3v) is 8.70. The van der Waals surface area contributed by atoms with Crippen LogP contribution < -0.4 is 21.3 Å². The van der Waals surface area contributed by atoms with Gasteiger partial charge in [-0.2, -0.15) is 0 Å². The average Bonchev–Trinajstić information content (AvgIpc) is 3.20. The highest BCUT2D eigenvalue weighted by molar-refractivity contribution is 5.87. The van der Waals surface area contributed by atoms with E-state index in [0.29, 0.717) is 19.5 Å². The molecule has 0 aromatic heterocycles. The number of phenolic OH excluding ortho intramolecular Hbond substituents is 1. The largest absolute Gasteiger partial charge is 0.508 e.